The standard InChI is InChI=1S/C12H14F2N4/c13-12(14)18-8-7-17-11(18)9-16-6-3-10-1-4-15-5-2-10/h1-2,4-5,7-8,12,16H,3,6,9H2. The van der Waals surface area contributed by atoms with Gasteiger partial charge in [0.25, 0.3) is 0 Å². The van der Waals surface area contributed by atoms with Gasteiger partial charge in [-0.05, 0) is 30.7 Å². The number of hydrogen-bond donors (Lipinski definition) is 1. The van der Waals surface area contributed by atoms with Gasteiger partial charge in [0.05, 0.1) is 6.54 Å². The molecule has 0 amide bonds. The largest absolute Gasteiger partial charge is 0.319 e. The Hall–Kier alpha value is -1.82. The van der Waals surface area contributed by atoms with Crippen LogP contribution in [-0.4, -0.2) is 21.1 Å². The first-order valence-electron chi connectivity index (χ1n) is 5.67. The first-order chi connectivity index (χ1) is 8.77. The van der Waals surface area contributed by atoms with E-state index in [9.17, 15) is 8.78 Å². The van der Waals surface area contributed by atoms with Crippen LogP contribution in [0, 0.1) is 0 Å². The number of rotatable bonds is 6. The number of nitrogens with one attached hydrogen (secondary N) is 1. The van der Waals surface area contributed by atoms with E-state index in [2.05, 4.69) is 15.3 Å². The number of pyridine rings is 1. The molecular formula is C12H14F2N4. The molecule has 0 aliphatic heterocycles. The Balaban J connectivity index is 1.77. The molecule has 0 saturated carbocycles. The quantitative estimate of drug-likeness (QED) is 0.800. The minimum Gasteiger partial charge on any atom is -0.310 e. The highest BCUT2D eigenvalue weighted by Crippen LogP contribution is 2.11. The predicted octanol–water partition coefficient (Wildman–Crippen LogP) is 2.01. The van der Waals surface area contributed by atoms with Crippen LogP contribution in [0.25, 0.3) is 0 Å². The lowest BCUT2D eigenvalue weighted by molar-refractivity contribution is 0.0666. The Labute approximate surface area is 104 Å². The molecule has 0 atom stereocenters. The van der Waals surface area contributed by atoms with Crippen LogP contribution in [0.1, 0.15) is 17.9 Å². The van der Waals surface area contributed by atoms with Gasteiger partial charge in [0.2, 0.25) is 0 Å². The molecule has 1 N–H and O–H groups in total. The van der Waals surface area contributed by atoms with E-state index in [1.165, 1.54) is 12.4 Å². The summed E-state index contributed by atoms with van der Waals surface area (Å²) in [6.45, 7) is -1.49. The molecule has 6 heteroatoms. The molecular weight excluding hydrogens is 238 g/mol. The molecule has 2 aromatic rings. The Morgan fingerprint density at radius 3 is 2.72 bits per heavy atom. The van der Waals surface area contributed by atoms with Crippen molar-refractivity contribution >= 4 is 0 Å². The third kappa shape index (κ3) is 3.33. The smallest absolute Gasteiger partial charge is 0.310 e. The predicted molar refractivity (Wildman–Crippen MR) is 63.1 cm³/mol. The van der Waals surface area contributed by atoms with Crippen LogP contribution >= 0.6 is 0 Å². The number of imidazole rings is 1. The maximum absolute atomic E-state index is 12.5. The number of alkyl halides is 2. The van der Waals surface area contributed by atoms with E-state index in [-0.39, 0.29) is 0 Å². The molecule has 0 unspecified atom stereocenters. The third-order valence-electron chi connectivity index (χ3n) is 2.58. The summed E-state index contributed by atoms with van der Waals surface area (Å²) in [7, 11) is 0. The summed E-state index contributed by atoms with van der Waals surface area (Å²) < 4.78 is 25.9. The minimum atomic E-state index is -2.54. The van der Waals surface area contributed by atoms with Crippen molar-refractivity contribution in [1.29, 1.82) is 0 Å². The number of hydrogen-bond acceptors (Lipinski definition) is 3. The average molecular weight is 252 g/mol. The third-order valence-corrected chi connectivity index (χ3v) is 2.58. The molecule has 96 valence electrons. The lowest BCUT2D eigenvalue weighted by Crippen LogP contribution is -2.19. The van der Waals surface area contributed by atoms with Crippen LogP contribution in [-0.2, 0) is 13.0 Å². The van der Waals surface area contributed by atoms with Crippen molar-refractivity contribution in [1.82, 2.24) is 19.9 Å². The second-order valence-corrected chi connectivity index (χ2v) is 3.81. The molecule has 2 rings (SSSR count). The van der Waals surface area contributed by atoms with E-state index >= 15 is 0 Å². The van der Waals surface area contributed by atoms with E-state index in [4.69, 9.17) is 0 Å². The zero-order valence-electron chi connectivity index (χ0n) is 9.76. The summed E-state index contributed by atoms with van der Waals surface area (Å²) in [6, 6.07) is 3.86. The summed E-state index contributed by atoms with van der Waals surface area (Å²) in [5.41, 5.74) is 1.16. The highest BCUT2D eigenvalue weighted by molar-refractivity contribution is 5.09. The molecule has 0 saturated heterocycles. The van der Waals surface area contributed by atoms with Crippen LogP contribution in [0.2, 0.25) is 0 Å². The van der Waals surface area contributed by atoms with Crippen LogP contribution in [0.3, 0.4) is 0 Å². The zero-order chi connectivity index (χ0) is 12.8. The highest BCUT2D eigenvalue weighted by Gasteiger charge is 2.10. The molecule has 0 bridgehead atoms. The normalized spacial score (nSPS) is 11.1. The van der Waals surface area contributed by atoms with Crippen LogP contribution < -0.4 is 5.32 Å². The van der Waals surface area contributed by atoms with Crippen molar-refractivity contribution in [3.63, 3.8) is 0 Å². The van der Waals surface area contributed by atoms with Gasteiger partial charge in [-0.15, -0.1) is 0 Å². The molecule has 2 aromatic heterocycles. The van der Waals surface area contributed by atoms with Crippen molar-refractivity contribution in [2.45, 2.75) is 19.5 Å². The van der Waals surface area contributed by atoms with Gasteiger partial charge in [0.1, 0.15) is 5.82 Å². The van der Waals surface area contributed by atoms with E-state index in [0.717, 1.165) is 16.6 Å². The average Bonchev–Trinajstić information content (AvgIpc) is 2.84. The fourth-order valence-electron chi connectivity index (χ4n) is 1.64. The Kier molecular flexibility index (Phi) is 4.35. The molecule has 0 spiro atoms. The highest BCUT2D eigenvalue weighted by atomic mass is 19.3. The molecule has 2 heterocycles. The molecule has 18 heavy (non-hydrogen) atoms. The summed E-state index contributed by atoms with van der Waals surface area (Å²) >= 11 is 0. The summed E-state index contributed by atoms with van der Waals surface area (Å²) in [6.07, 6.45) is 6.96. The maximum atomic E-state index is 12.5. The molecule has 4 nitrogen and oxygen atoms in total. The second-order valence-electron chi connectivity index (χ2n) is 3.81. The number of aromatic nitrogens is 3. The van der Waals surface area contributed by atoms with Gasteiger partial charge >= 0.3 is 6.55 Å². The first-order valence-corrected chi connectivity index (χ1v) is 5.67. The summed E-state index contributed by atoms with van der Waals surface area (Å²) in [5.74, 6) is 0.347. The van der Waals surface area contributed by atoms with Gasteiger partial charge in [-0.3, -0.25) is 9.55 Å². The fraction of sp³-hybridized carbons (Fsp3) is 0.333. The lowest BCUT2D eigenvalue weighted by atomic mass is 10.2. The molecule has 0 aliphatic rings. The van der Waals surface area contributed by atoms with E-state index < -0.39 is 6.55 Å². The molecule has 0 radical (unpaired) electrons. The number of nitrogens with zero attached hydrogens (tertiary/aromatic N) is 3. The van der Waals surface area contributed by atoms with Gasteiger partial charge in [-0.1, -0.05) is 0 Å². The Bertz CT molecular complexity index is 470. The SMILES string of the molecule is FC(F)n1ccnc1CNCCc1ccncc1. The summed E-state index contributed by atoms with van der Waals surface area (Å²) in [4.78, 5) is 7.82. The van der Waals surface area contributed by atoms with Crippen molar-refractivity contribution < 1.29 is 8.78 Å². The van der Waals surface area contributed by atoms with Crippen molar-refractivity contribution in [3.05, 3.63) is 48.3 Å². The van der Waals surface area contributed by atoms with Crippen molar-refractivity contribution in [2.24, 2.45) is 0 Å². The van der Waals surface area contributed by atoms with Gasteiger partial charge in [-0.25, -0.2) is 4.98 Å². The fourth-order valence-corrected chi connectivity index (χ4v) is 1.64. The van der Waals surface area contributed by atoms with E-state index in [1.807, 2.05) is 12.1 Å². The van der Waals surface area contributed by atoms with Crippen LogP contribution in [0.4, 0.5) is 8.78 Å². The summed E-state index contributed by atoms with van der Waals surface area (Å²) in [5, 5.41) is 3.09. The van der Waals surface area contributed by atoms with Gasteiger partial charge in [0, 0.05) is 24.8 Å². The van der Waals surface area contributed by atoms with Crippen LogP contribution in [0.5, 0.6) is 0 Å². The zero-order valence-corrected chi connectivity index (χ0v) is 9.76. The molecule has 0 aromatic carbocycles. The number of halogens is 2. The minimum absolute atomic E-state index is 0.336. The van der Waals surface area contributed by atoms with Gasteiger partial charge < -0.3 is 5.32 Å². The van der Waals surface area contributed by atoms with Crippen molar-refractivity contribution in [3.8, 4) is 0 Å². The van der Waals surface area contributed by atoms with Crippen molar-refractivity contribution in [2.75, 3.05) is 6.54 Å². The van der Waals surface area contributed by atoms with E-state index in [1.54, 1.807) is 12.4 Å². The lowest BCUT2D eigenvalue weighted by Gasteiger charge is -2.07. The van der Waals surface area contributed by atoms with Gasteiger partial charge in [0.15, 0.2) is 0 Å². The van der Waals surface area contributed by atoms with E-state index in [0.29, 0.717) is 18.9 Å². The Morgan fingerprint density at radius 2 is 2.00 bits per heavy atom. The first kappa shape index (κ1) is 12.6. The second kappa shape index (κ2) is 6.20. The molecule has 0 aliphatic carbocycles. The Morgan fingerprint density at radius 1 is 1.22 bits per heavy atom. The molecule has 0 fully saturated rings. The maximum Gasteiger partial charge on any atom is 0.319 e. The topological polar surface area (TPSA) is 42.7 Å². The monoisotopic (exact) mass is 252 g/mol. The van der Waals surface area contributed by atoms with Crippen LogP contribution in [0.15, 0.2) is 36.9 Å². The van der Waals surface area contributed by atoms with Gasteiger partial charge in [-0.2, -0.15) is 8.78 Å².